The van der Waals surface area contributed by atoms with Gasteiger partial charge in [0.05, 0.1) is 25.1 Å². The number of aliphatic hydroxyl groups is 1. The van der Waals surface area contributed by atoms with Gasteiger partial charge in [-0.15, -0.1) is 0 Å². The van der Waals surface area contributed by atoms with Gasteiger partial charge in [0.25, 0.3) is 0 Å². The zero-order chi connectivity index (χ0) is 20.8. The summed E-state index contributed by atoms with van der Waals surface area (Å²) in [6, 6.07) is 8.81. The Hall–Kier alpha value is -3.26. The van der Waals surface area contributed by atoms with Crippen LogP contribution in [0.25, 0.3) is 0 Å². The van der Waals surface area contributed by atoms with E-state index in [9.17, 15) is 8.78 Å². The van der Waals surface area contributed by atoms with Crippen LogP contribution in [0.15, 0.2) is 42.7 Å². The number of nitrogens with zero attached hydrogens (tertiary/aromatic N) is 2. The number of halogens is 2. The van der Waals surface area contributed by atoms with Crippen LogP contribution in [-0.2, 0) is 13.0 Å². The summed E-state index contributed by atoms with van der Waals surface area (Å²) in [6.45, 7) is 1.30. The summed E-state index contributed by atoms with van der Waals surface area (Å²) in [4.78, 5) is 8.28. The number of hydrogen-bond acceptors (Lipinski definition) is 6. The lowest BCUT2D eigenvalue weighted by Gasteiger charge is -2.12. The minimum atomic E-state index is -0.792. The summed E-state index contributed by atoms with van der Waals surface area (Å²) in [5.74, 6) is -0.884. The van der Waals surface area contributed by atoms with Gasteiger partial charge in [0, 0.05) is 12.3 Å². The van der Waals surface area contributed by atoms with E-state index >= 15 is 0 Å². The third kappa shape index (κ3) is 4.97. The fourth-order valence-corrected chi connectivity index (χ4v) is 2.71. The van der Waals surface area contributed by atoms with E-state index in [2.05, 4.69) is 15.3 Å². The monoisotopic (exact) mass is 401 g/mol. The van der Waals surface area contributed by atoms with Crippen LogP contribution in [0.2, 0.25) is 0 Å². The van der Waals surface area contributed by atoms with Crippen molar-refractivity contribution in [3.8, 4) is 11.5 Å². The Morgan fingerprint density at radius 1 is 1.07 bits per heavy atom. The number of benzene rings is 2. The highest BCUT2D eigenvalue weighted by Gasteiger charge is 2.18. The molecular formula is C21H21F2N3O3. The largest absolute Gasteiger partial charge is 0.494 e. The molecule has 1 aromatic heterocycles. The van der Waals surface area contributed by atoms with Crippen LogP contribution in [0.1, 0.15) is 16.7 Å². The maximum absolute atomic E-state index is 14.3. The van der Waals surface area contributed by atoms with Crippen LogP contribution in [0.3, 0.4) is 0 Å². The van der Waals surface area contributed by atoms with Gasteiger partial charge in [0.1, 0.15) is 12.4 Å². The van der Waals surface area contributed by atoms with Gasteiger partial charge in [0.2, 0.25) is 5.95 Å². The Morgan fingerprint density at radius 2 is 1.76 bits per heavy atom. The van der Waals surface area contributed by atoms with Crippen molar-refractivity contribution in [1.82, 2.24) is 9.97 Å². The number of aliphatic hydroxyl groups excluding tert-OH is 1. The lowest BCUT2D eigenvalue weighted by molar-refractivity contribution is 0.285. The lowest BCUT2D eigenvalue weighted by atomic mass is 10.1. The van der Waals surface area contributed by atoms with Crippen molar-refractivity contribution in [2.45, 2.75) is 20.0 Å². The fraction of sp³-hybridized carbons (Fsp3) is 0.238. The van der Waals surface area contributed by atoms with Gasteiger partial charge in [-0.3, -0.25) is 0 Å². The number of ether oxygens (including phenoxy) is 2. The van der Waals surface area contributed by atoms with Crippen LogP contribution < -0.4 is 14.8 Å². The number of rotatable bonds is 8. The van der Waals surface area contributed by atoms with Crippen molar-refractivity contribution in [3.63, 3.8) is 0 Å². The average molecular weight is 401 g/mol. The fourth-order valence-electron chi connectivity index (χ4n) is 2.71. The van der Waals surface area contributed by atoms with Gasteiger partial charge in [-0.2, -0.15) is 0 Å². The van der Waals surface area contributed by atoms with Gasteiger partial charge in [-0.25, -0.2) is 18.7 Å². The van der Waals surface area contributed by atoms with Gasteiger partial charge in [-0.05, 0) is 42.7 Å². The van der Waals surface area contributed by atoms with Crippen LogP contribution in [-0.4, -0.2) is 28.8 Å². The molecule has 8 heteroatoms. The Kier molecular flexibility index (Phi) is 6.56. The molecule has 0 saturated heterocycles. The molecule has 0 radical (unpaired) electrons. The van der Waals surface area contributed by atoms with E-state index in [1.165, 1.54) is 32.5 Å². The standard InChI is InChI=1S/C21H21F2N3O3/c1-13-9-18(28-2)20(23)17(19(13)22)12-29-16-10-24-21(25-11-16)26-15-5-3-14(4-6-15)7-8-27/h3-6,9-11,27H,7-8,12H2,1-2H3,(H,24,25,26). The molecule has 0 spiro atoms. The van der Waals surface area contributed by atoms with E-state index in [1.807, 2.05) is 24.3 Å². The van der Waals surface area contributed by atoms with Crippen LogP contribution >= 0.6 is 0 Å². The predicted octanol–water partition coefficient (Wildman–Crippen LogP) is 3.93. The molecule has 0 aliphatic heterocycles. The van der Waals surface area contributed by atoms with Crippen molar-refractivity contribution in [1.29, 1.82) is 0 Å². The summed E-state index contributed by atoms with van der Waals surface area (Å²) >= 11 is 0. The van der Waals surface area contributed by atoms with E-state index in [1.54, 1.807) is 0 Å². The third-order valence-electron chi connectivity index (χ3n) is 4.28. The molecule has 0 fully saturated rings. The number of aromatic nitrogens is 2. The summed E-state index contributed by atoms with van der Waals surface area (Å²) in [5.41, 5.74) is 1.86. The smallest absolute Gasteiger partial charge is 0.227 e. The number of nitrogens with one attached hydrogen (secondary N) is 1. The molecule has 2 aromatic carbocycles. The van der Waals surface area contributed by atoms with E-state index in [4.69, 9.17) is 14.6 Å². The predicted molar refractivity (Wildman–Crippen MR) is 105 cm³/mol. The van der Waals surface area contributed by atoms with Crippen molar-refractivity contribution < 1.29 is 23.4 Å². The van der Waals surface area contributed by atoms with Gasteiger partial charge < -0.3 is 19.9 Å². The minimum absolute atomic E-state index is 0.0386. The Morgan fingerprint density at radius 3 is 2.38 bits per heavy atom. The average Bonchev–Trinajstić information content (AvgIpc) is 2.73. The highest BCUT2D eigenvalue weighted by molar-refractivity contribution is 5.53. The minimum Gasteiger partial charge on any atom is -0.494 e. The first-order chi connectivity index (χ1) is 14.0. The Balaban J connectivity index is 1.65. The van der Waals surface area contributed by atoms with Crippen LogP contribution in [0.5, 0.6) is 11.5 Å². The summed E-state index contributed by atoms with van der Waals surface area (Å²) in [6.07, 6.45) is 3.42. The van der Waals surface area contributed by atoms with Gasteiger partial charge in [0.15, 0.2) is 17.3 Å². The number of aryl methyl sites for hydroxylation is 1. The zero-order valence-electron chi connectivity index (χ0n) is 16.1. The van der Waals surface area contributed by atoms with E-state index in [0.29, 0.717) is 12.4 Å². The molecule has 6 nitrogen and oxygen atoms in total. The van der Waals surface area contributed by atoms with Crippen LogP contribution in [0.4, 0.5) is 20.4 Å². The zero-order valence-corrected chi connectivity index (χ0v) is 16.1. The van der Waals surface area contributed by atoms with Gasteiger partial charge in [-0.1, -0.05) is 12.1 Å². The topological polar surface area (TPSA) is 76.5 Å². The highest BCUT2D eigenvalue weighted by Crippen LogP contribution is 2.27. The highest BCUT2D eigenvalue weighted by atomic mass is 19.1. The molecule has 29 heavy (non-hydrogen) atoms. The van der Waals surface area contributed by atoms with Crippen molar-refractivity contribution in [2.75, 3.05) is 19.0 Å². The lowest BCUT2D eigenvalue weighted by Crippen LogP contribution is -2.06. The quantitative estimate of drug-likeness (QED) is 0.596. The first-order valence-electron chi connectivity index (χ1n) is 8.95. The van der Waals surface area contributed by atoms with Crippen molar-refractivity contribution in [3.05, 3.63) is 71.1 Å². The SMILES string of the molecule is COc1cc(C)c(F)c(COc2cnc(Nc3ccc(CCO)cc3)nc2)c1F. The van der Waals surface area contributed by atoms with E-state index in [0.717, 1.165) is 11.3 Å². The molecule has 0 bridgehead atoms. The van der Waals surface area contributed by atoms with Crippen molar-refractivity contribution in [2.24, 2.45) is 0 Å². The second kappa shape index (κ2) is 9.29. The number of hydrogen-bond donors (Lipinski definition) is 2. The molecule has 0 aliphatic rings. The first kappa shape index (κ1) is 20.5. The molecule has 0 unspecified atom stereocenters. The summed E-state index contributed by atoms with van der Waals surface area (Å²) < 4.78 is 38.9. The third-order valence-corrected chi connectivity index (χ3v) is 4.28. The number of anilines is 2. The van der Waals surface area contributed by atoms with Crippen LogP contribution in [0, 0.1) is 18.6 Å². The van der Waals surface area contributed by atoms with Gasteiger partial charge >= 0.3 is 0 Å². The second-order valence-corrected chi connectivity index (χ2v) is 6.33. The number of methoxy groups -OCH3 is 1. The Bertz CT molecular complexity index is 964. The first-order valence-corrected chi connectivity index (χ1v) is 8.95. The molecule has 1 heterocycles. The molecule has 0 aliphatic carbocycles. The van der Waals surface area contributed by atoms with Crippen molar-refractivity contribution >= 4 is 11.6 Å². The van der Waals surface area contributed by atoms with E-state index in [-0.39, 0.29) is 35.8 Å². The molecule has 2 N–H and O–H groups in total. The maximum atomic E-state index is 14.3. The second-order valence-electron chi connectivity index (χ2n) is 6.33. The molecular weight excluding hydrogens is 380 g/mol. The molecule has 0 saturated carbocycles. The Labute approximate surface area is 167 Å². The molecule has 0 amide bonds. The van der Waals surface area contributed by atoms with E-state index < -0.39 is 11.6 Å². The molecule has 3 rings (SSSR count). The summed E-state index contributed by atoms with van der Waals surface area (Å²) in [7, 11) is 1.32. The summed E-state index contributed by atoms with van der Waals surface area (Å²) in [5, 5.41) is 12.0. The normalized spacial score (nSPS) is 10.7. The molecule has 0 atom stereocenters. The molecule has 152 valence electrons. The molecule has 3 aromatic rings. The maximum Gasteiger partial charge on any atom is 0.227 e.